The van der Waals surface area contributed by atoms with Crippen LogP contribution in [0.1, 0.15) is 46.5 Å². The quantitative estimate of drug-likeness (QED) is 0.277. The third kappa shape index (κ3) is 6.08. The zero-order valence-electron chi connectivity index (χ0n) is 22.6. The number of hydrogen-bond donors (Lipinski definition) is 2. The van der Waals surface area contributed by atoms with Crippen LogP contribution in [0.15, 0.2) is 71.9 Å². The number of amides is 1. The summed E-state index contributed by atoms with van der Waals surface area (Å²) in [5, 5.41) is 7.35. The highest BCUT2D eigenvalue weighted by Gasteiger charge is 2.27. The molecule has 210 valence electrons. The zero-order chi connectivity index (χ0) is 28.5. The van der Waals surface area contributed by atoms with Gasteiger partial charge in [0.1, 0.15) is 5.60 Å². The second-order valence-electron chi connectivity index (χ2n) is 10.9. The maximum absolute atomic E-state index is 13.5. The molecule has 4 aromatic rings. The van der Waals surface area contributed by atoms with Gasteiger partial charge in [0.15, 0.2) is 0 Å². The highest BCUT2D eigenvalue weighted by atomic mass is 35.5. The predicted octanol–water partition coefficient (Wildman–Crippen LogP) is 6.24. The molecule has 2 N–H and O–H groups in total. The number of carbonyl (C=O) groups excluding carboxylic acids is 1. The van der Waals surface area contributed by atoms with Gasteiger partial charge >= 0.3 is 6.09 Å². The first-order chi connectivity index (χ1) is 19.0. The maximum atomic E-state index is 13.5. The molecule has 2 atom stereocenters. The van der Waals surface area contributed by atoms with E-state index in [2.05, 4.69) is 15.6 Å². The van der Waals surface area contributed by atoms with E-state index in [1.54, 1.807) is 48.7 Å². The first-order valence-corrected chi connectivity index (χ1v) is 15.0. The van der Waals surface area contributed by atoms with E-state index in [0.717, 1.165) is 19.3 Å². The summed E-state index contributed by atoms with van der Waals surface area (Å²) in [6.45, 7) is 5.51. The van der Waals surface area contributed by atoms with Gasteiger partial charge in [-0.3, -0.25) is 0 Å². The fourth-order valence-electron chi connectivity index (χ4n) is 4.98. The summed E-state index contributed by atoms with van der Waals surface area (Å²) in [7, 11) is -3.86. The number of fused-ring (bicyclic) bond motifs is 1. The Hall–Kier alpha value is -3.63. The van der Waals surface area contributed by atoms with Crippen molar-refractivity contribution in [3.8, 4) is 11.3 Å². The Bertz CT molecular complexity index is 1630. The smallest absolute Gasteiger partial charge is 0.407 e. The van der Waals surface area contributed by atoms with Crippen molar-refractivity contribution in [3.05, 3.63) is 72.0 Å². The summed E-state index contributed by atoms with van der Waals surface area (Å²) in [6, 6.07) is 15.5. The van der Waals surface area contributed by atoms with E-state index >= 15 is 0 Å². The molecule has 11 heteroatoms. The fourth-order valence-corrected chi connectivity index (χ4v) is 6.56. The fraction of sp³-hybridized carbons (Fsp3) is 0.345. The lowest BCUT2D eigenvalue weighted by molar-refractivity contribution is 0.0492. The summed E-state index contributed by atoms with van der Waals surface area (Å²) in [5.74, 6) is 0.380. The number of carbonyl (C=O) groups is 1. The molecule has 1 saturated carbocycles. The topological polar surface area (TPSA) is 115 Å². The van der Waals surface area contributed by atoms with Crippen LogP contribution in [0.25, 0.3) is 22.2 Å². The van der Waals surface area contributed by atoms with Crippen molar-refractivity contribution < 1.29 is 17.9 Å². The van der Waals surface area contributed by atoms with Gasteiger partial charge in [0, 0.05) is 29.2 Å². The van der Waals surface area contributed by atoms with Gasteiger partial charge in [0.05, 0.1) is 27.3 Å². The third-order valence-corrected chi connectivity index (χ3v) is 8.67. The minimum Gasteiger partial charge on any atom is -0.444 e. The molecule has 1 aliphatic carbocycles. The molecule has 0 saturated heterocycles. The molecular weight excluding hydrogens is 550 g/mol. The van der Waals surface area contributed by atoms with E-state index < -0.39 is 21.7 Å². The lowest BCUT2D eigenvalue weighted by Gasteiger charge is -2.31. The molecular formula is C29H32ClN5O4S. The Morgan fingerprint density at radius 2 is 1.75 bits per heavy atom. The summed E-state index contributed by atoms with van der Waals surface area (Å²) in [6.07, 6.45) is 6.01. The molecule has 9 nitrogen and oxygen atoms in total. The van der Waals surface area contributed by atoms with Gasteiger partial charge in [0.2, 0.25) is 5.95 Å². The Balaban J connectivity index is 1.42. The first kappa shape index (κ1) is 27.9. The second-order valence-corrected chi connectivity index (χ2v) is 13.1. The molecule has 1 aliphatic rings. The number of aromatic nitrogens is 3. The standard InChI is InChI=1S/C29H32ClN5O4S/c1-29(2,3)39-28(36)33-20-11-9-10-19(16-20)32-27-31-17-24(30)26(34-27)23-18-35(25-15-8-7-14-22(23)25)40(37,38)21-12-5-4-6-13-21/h4-8,12-15,17-20H,9-11,16H2,1-3H3,(H,33,36)(H,31,32,34)/t19-,20?/m1/s1. The molecule has 1 unspecified atom stereocenters. The lowest BCUT2D eigenvalue weighted by Crippen LogP contribution is -2.44. The maximum Gasteiger partial charge on any atom is 0.407 e. The Morgan fingerprint density at radius 1 is 1.05 bits per heavy atom. The number of para-hydroxylation sites is 1. The van der Waals surface area contributed by atoms with Gasteiger partial charge in [-0.1, -0.05) is 48.0 Å². The number of ether oxygens (including phenoxy) is 1. The SMILES string of the molecule is CC(C)(C)OC(=O)NC1CCC[C@@H](Nc2ncc(Cl)c(-c3cn(S(=O)(=O)c4ccccc4)c4ccccc34)n2)C1. The van der Waals surface area contributed by atoms with Gasteiger partial charge in [0.25, 0.3) is 10.0 Å². The van der Waals surface area contributed by atoms with Crippen molar-refractivity contribution >= 4 is 44.6 Å². The van der Waals surface area contributed by atoms with E-state index in [1.165, 1.54) is 10.2 Å². The van der Waals surface area contributed by atoms with Gasteiger partial charge < -0.3 is 15.4 Å². The molecule has 1 fully saturated rings. The average molecular weight is 582 g/mol. The first-order valence-electron chi connectivity index (χ1n) is 13.2. The molecule has 2 aromatic carbocycles. The van der Waals surface area contributed by atoms with Gasteiger partial charge in [-0.25, -0.2) is 27.2 Å². The largest absolute Gasteiger partial charge is 0.444 e. The number of nitrogens with zero attached hydrogens (tertiary/aromatic N) is 3. The van der Waals surface area contributed by atoms with E-state index in [1.807, 2.05) is 32.9 Å². The Labute approximate surface area is 239 Å². The lowest BCUT2D eigenvalue weighted by atomic mass is 9.91. The van der Waals surface area contributed by atoms with Crippen LogP contribution < -0.4 is 10.6 Å². The van der Waals surface area contributed by atoms with Crippen molar-refractivity contribution in [1.29, 1.82) is 0 Å². The summed E-state index contributed by atoms with van der Waals surface area (Å²) in [5.41, 5.74) is 0.970. The van der Waals surface area contributed by atoms with E-state index in [0.29, 0.717) is 39.6 Å². The van der Waals surface area contributed by atoms with Gasteiger partial charge in [-0.2, -0.15) is 0 Å². The molecule has 2 heterocycles. The van der Waals surface area contributed by atoms with Crippen molar-refractivity contribution in [2.75, 3.05) is 5.32 Å². The summed E-state index contributed by atoms with van der Waals surface area (Å²) in [4.78, 5) is 21.5. The van der Waals surface area contributed by atoms with Crippen LogP contribution in [0.4, 0.5) is 10.7 Å². The number of halogens is 1. The summed E-state index contributed by atoms with van der Waals surface area (Å²) < 4.78 is 33.8. The van der Waals surface area contributed by atoms with Crippen LogP contribution >= 0.6 is 11.6 Å². The molecule has 0 aliphatic heterocycles. The molecule has 2 aromatic heterocycles. The van der Waals surface area contributed by atoms with Gasteiger partial charge in [-0.05, 0) is 64.7 Å². The molecule has 5 rings (SSSR count). The van der Waals surface area contributed by atoms with Crippen LogP contribution in [0.3, 0.4) is 0 Å². The van der Waals surface area contributed by atoms with Crippen molar-refractivity contribution in [3.63, 3.8) is 0 Å². The number of rotatable bonds is 6. The minimum absolute atomic E-state index is 0.0301. The highest BCUT2D eigenvalue weighted by molar-refractivity contribution is 7.90. The third-order valence-electron chi connectivity index (χ3n) is 6.71. The van der Waals surface area contributed by atoms with Crippen LogP contribution in [-0.4, -0.2) is 46.1 Å². The second kappa shape index (κ2) is 11.1. The normalized spacial score (nSPS) is 17.9. The minimum atomic E-state index is -3.86. The van der Waals surface area contributed by atoms with Crippen molar-refractivity contribution in [2.24, 2.45) is 0 Å². The molecule has 0 spiro atoms. The number of hydrogen-bond acceptors (Lipinski definition) is 7. The Morgan fingerprint density at radius 3 is 2.50 bits per heavy atom. The van der Waals surface area contributed by atoms with E-state index in [-0.39, 0.29) is 17.0 Å². The van der Waals surface area contributed by atoms with E-state index in [9.17, 15) is 13.2 Å². The summed E-state index contributed by atoms with van der Waals surface area (Å²) >= 11 is 6.57. The highest BCUT2D eigenvalue weighted by Crippen LogP contribution is 2.36. The van der Waals surface area contributed by atoms with Crippen LogP contribution in [0.5, 0.6) is 0 Å². The average Bonchev–Trinajstić information content (AvgIpc) is 3.30. The number of anilines is 1. The van der Waals surface area contributed by atoms with Crippen molar-refractivity contribution in [1.82, 2.24) is 19.3 Å². The number of benzene rings is 2. The van der Waals surface area contributed by atoms with E-state index in [4.69, 9.17) is 21.3 Å². The number of nitrogens with one attached hydrogen (secondary N) is 2. The molecule has 0 radical (unpaired) electrons. The van der Waals surface area contributed by atoms with Crippen LogP contribution in [-0.2, 0) is 14.8 Å². The Kier molecular flexibility index (Phi) is 7.74. The molecule has 0 bridgehead atoms. The predicted molar refractivity (Wildman–Crippen MR) is 156 cm³/mol. The molecule has 1 amide bonds. The van der Waals surface area contributed by atoms with Crippen LogP contribution in [0.2, 0.25) is 5.02 Å². The number of alkyl carbamates (subject to hydrolysis) is 1. The van der Waals surface area contributed by atoms with Gasteiger partial charge in [-0.15, -0.1) is 0 Å². The van der Waals surface area contributed by atoms with Crippen LogP contribution in [0, 0.1) is 0 Å². The zero-order valence-corrected chi connectivity index (χ0v) is 24.2. The molecule has 40 heavy (non-hydrogen) atoms. The monoisotopic (exact) mass is 581 g/mol. The van der Waals surface area contributed by atoms with Crippen molar-refractivity contribution in [2.45, 2.75) is 69.0 Å².